The number of nitrogens with one attached hydrogen (secondary N) is 1. The minimum Gasteiger partial charge on any atom is -0.506 e. The molecule has 3 atom stereocenters. The van der Waals surface area contributed by atoms with Gasteiger partial charge in [0, 0.05) is 44.8 Å². The molecule has 0 spiro atoms. The smallest absolute Gasteiger partial charge is 0.290 e. The number of carboxylic acid groups (broad SMARTS) is 1. The molecule has 2 heterocycles. The van der Waals surface area contributed by atoms with E-state index in [1.807, 2.05) is 0 Å². The van der Waals surface area contributed by atoms with Gasteiger partial charge in [0.15, 0.2) is 0 Å². The molecular formula is C19H28N4O7. The van der Waals surface area contributed by atoms with Crippen LogP contribution in [0.1, 0.15) is 23.2 Å². The average Bonchev–Trinajstić information content (AvgIpc) is 3.09. The zero-order valence-corrected chi connectivity index (χ0v) is 16.6. The maximum Gasteiger partial charge on any atom is 0.290 e. The van der Waals surface area contributed by atoms with Crippen molar-refractivity contribution in [2.75, 3.05) is 39.3 Å². The molecule has 1 aliphatic heterocycles. The lowest BCUT2D eigenvalue weighted by atomic mass is 10.1. The monoisotopic (exact) mass is 424 g/mol. The summed E-state index contributed by atoms with van der Waals surface area (Å²) in [7, 11) is 0. The first kappa shape index (κ1) is 23.5. The number of piperazine rings is 1. The molecule has 11 nitrogen and oxygen atoms in total. The molecule has 0 unspecified atom stereocenters. The molecule has 1 aromatic rings. The second kappa shape index (κ2) is 11.4. The number of hydrogen-bond donors (Lipinski definition) is 5. The van der Waals surface area contributed by atoms with Crippen LogP contribution in [0.5, 0.6) is 5.75 Å². The van der Waals surface area contributed by atoms with Crippen LogP contribution in [0.15, 0.2) is 18.5 Å². The lowest BCUT2D eigenvalue weighted by molar-refractivity contribution is -0.137. The summed E-state index contributed by atoms with van der Waals surface area (Å²) in [5.74, 6) is -0.860. The van der Waals surface area contributed by atoms with Crippen LogP contribution in [0, 0.1) is 5.92 Å². The summed E-state index contributed by atoms with van der Waals surface area (Å²) in [6, 6.07) is 0.794. The van der Waals surface area contributed by atoms with Gasteiger partial charge in [-0.25, -0.2) is 0 Å². The van der Waals surface area contributed by atoms with Crippen molar-refractivity contribution in [3.8, 4) is 5.75 Å². The number of hydrogen-bond acceptors (Lipinski definition) is 8. The SMILES string of the molecule is O=C(N[C@@H]1C[C@H](C(=O)N2CCN(CCO)CC2)C[C@H]1O)c1cncc(O)c1.O=CO. The number of aliphatic hydroxyl groups is 2. The van der Waals surface area contributed by atoms with Crippen LogP contribution in [-0.2, 0) is 9.59 Å². The highest BCUT2D eigenvalue weighted by molar-refractivity contribution is 5.94. The Morgan fingerprint density at radius 2 is 1.87 bits per heavy atom. The standard InChI is InChI=1S/C18H26N4O5.CH2O2/c23-6-5-21-1-3-22(4-2-21)18(27)12-8-15(16(25)9-12)20-17(26)13-7-14(24)11-19-10-13;2-1-3/h7,10-12,15-16,23-25H,1-6,8-9H2,(H,20,26);1H,(H,2,3)/t12-,15+,16+;/m0./s1. The molecule has 2 amide bonds. The van der Waals surface area contributed by atoms with Gasteiger partial charge in [0.2, 0.25) is 5.91 Å². The summed E-state index contributed by atoms with van der Waals surface area (Å²) >= 11 is 0. The maximum atomic E-state index is 12.7. The Balaban J connectivity index is 0.00000101. The van der Waals surface area contributed by atoms with Gasteiger partial charge in [-0.3, -0.25) is 24.3 Å². The predicted octanol–water partition coefficient (Wildman–Crippen LogP) is -1.51. The summed E-state index contributed by atoms with van der Waals surface area (Å²) in [6.07, 6.45) is 2.48. The Labute approximate surface area is 173 Å². The number of carbonyl (C=O) groups is 3. The fraction of sp³-hybridized carbons (Fsp3) is 0.579. The number of aromatic nitrogens is 1. The topological polar surface area (TPSA) is 164 Å². The van der Waals surface area contributed by atoms with Crippen molar-refractivity contribution in [1.82, 2.24) is 20.1 Å². The number of aromatic hydroxyl groups is 1. The minimum atomic E-state index is -0.788. The van der Waals surface area contributed by atoms with E-state index in [-0.39, 0.29) is 36.2 Å². The van der Waals surface area contributed by atoms with E-state index in [9.17, 15) is 19.8 Å². The molecule has 1 saturated heterocycles. The van der Waals surface area contributed by atoms with Crippen molar-refractivity contribution in [3.05, 3.63) is 24.0 Å². The number of aliphatic hydroxyl groups excluding tert-OH is 2. The van der Waals surface area contributed by atoms with Crippen molar-refractivity contribution >= 4 is 18.3 Å². The summed E-state index contributed by atoms with van der Waals surface area (Å²) in [5.41, 5.74) is 0.206. The molecule has 30 heavy (non-hydrogen) atoms. The summed E-state index contributed by atoms with van der Waals surface area (Å²) < 4.78 is 0. The minimum absolute atomic E-state index is 0.00784. The van der Waals surface area contributed by atoms with E-state index in [1.165, 1.54) is 18.5 Å². The van der Waals surface area contributed by atoms with Crippen LogP contribution >= 0.6 is 0 Å². The third-order valence-corrected chi connectivity index (χ3v) is 5.28. The van der Waals surface area contributed by atoms with Gasteiger partial charge in [0.1, 0.15) is 5.75 Å². The van der Waals surface area contributed by atoms with E-state index < -0.39 is 18.1 Å². The number of carbonyl (C=O) groups excluding carboxylic acids is 2. The lowest BCUT2D eigenvalue weighted by Crippen LogP contribution is -2.50. The second-order valence-electron chi connectivity index (χ2n) is 7.24. The number of amides is 2. The van der Waals surface area contributed by atoms with E-state index in [0.717, 1.165) is 13.1 Å². The third-order valence-electron chi connectivity index (χ3n) is 5.28. The molecule has 5 N–H and O–H groups in total. The molecule has 1 aromatic heterocycles. The molecule has 2 aliphatic rings. The van der Waals surface area contributed by atoms with E-state index in [0.29, 0.717) is 32.5 Å². The van der Waals surface area contributed by atoms with E-state index in [1.54, 1.807) is 4.90 Å². The van der Waals surface area contributed by atoms with Crippen LogP contribution in [0.2, 0.25) is 0 Å². The Hall–Kier alpha value is -2.76. The maximum absolute atomic E-state index is 12.7. The summed E-state index contributed by atoms with van der Waals surface area (Å²) in [6.45, 7) is 3.15. The first-order valence-electron chi connectivity index (χ1n) is 9.72. The van der Waals surface area contributed by atoms with Gasteiger partial charge in [-0.1, -0.05) is 0 Å². The van der Waals surface area contributed by atoms with Gasteiger partial charge >= 0.3 is 0 Å². The molecule has 2 fully saturated rings. The normalized spacial score (nSPS) is 23.9. The highest BCUT2D eigenvalue weighted by atomic mass is 16.3. The van der Waals surface area contributed by atoms with Gasteiger partial charge in [-0.2, -0.15) is 0 Å². The first-order chi connectivity index (χ1) is 14.4. The zero-order valence-electron chi connectivity index (χ0n) is 16.6. The molecule has 0 radical (unpaired) electrons. The largest absolute Gasteiger partial charge is 0.506 e. The number of pyridine rings is 1. The molecule has 3 rings (SSSR count). The van der Waals surface area contributed by atoms with Gasteiger partial charge < -0.3 is 30.6 Å². The first-order valence-corrected chi connectivity index (χ1v) is 9.72. The molecule has 166 valence electrons. The Morgan fingerprint density at radius 1 is 1.20 bits per heavy atom. The van der Waals surface area contributed by atoms with Crippen LogP contribution in [0.25, 0.3) is 0 Å². The lowest BCUT2D eigenvalue weighted by Gasteiger charge is -2.35. The highest BCUT2D eigenvalue weighted by Gasteiger charge is 2.40. The van der Waals surface area contributed by atoms with E-state index >= 15 is 0 Å². The van der Waals surface area contributed by atoms with Crippen LogP contribution in [0.3, 0.4) is 0 Å². The Bertz CT molecular complexity index is 725. The number of β-amino-alcohol motifs (C(OH)–C–C–N with tert-alkyl or cyclic N) is 1. The molecular weight excluding hydrogens is 396 g/mol. The third kappa shape index (κ3) is 6.37. The van der Waals surface area contributed by atoms with Crippen molar-refractivity contribution in [1.29, 1.82) is 0 Å². The van der Waals surface area contributed by atoms with Gasteiger partial charge in [-0.15, -0.1) is 0 Å². The van der Waals surface area contributed by atoms with Crippen LogP contribution in [0.4, 0.5) is 0 Å². The summed E-state index contributed by atoms with van der Waals surface area (Å²) in [5, 5.41) is 38.3. The second-order valence-corrected chi connectivity index (χ2v) is 7.24. The predicted molar refractivity (Wildman–Crippen MR) is 105 cm³/mol. The quantitative estimate of drug-likeness (QED) is 0.354. The zero-order chi connectivity index (χ0) is 22.1. The molecule has 11 heteroatoms. The van der Waals surface area contributed by atoms with Gasteiger partial charge in [0.25, 0.3) is 12.4 Å². The fourth-order valence-corrected chi connectivity index (χ4v) is 3.77. The fourth-order valence-electron chi connectivity index (χ4n) is 3.77. The van der Waals surface area contributed by atoms with Crippen molar-refractivity contribution in [2.24, 2.45) is 5.92 Å². The van der Waals surface area contributed by atoms with Crippen molar-refractivity contribution in [3.63, 3.8) is 0 Å². The van der Waals surface area contributed by atoms with Crippen molar-refractivity contribution < 1.29 is 34.8 Å². The van der Waals surface area contributed by atoms with Gasteiger partial charge in [0.05, 0.1) is 30.5 Å². The Morgan fingerprint density at radius 3 is 2.47 bits per heavy atom. The van der Waals surface area contributed by atoms with Crippen molar-refractivity contribution in [2.45, 2.75) is 25.0 Å². The molecule has 1 aliphatic carbocycles. The van der Waals surface area contributed by atoms with E-state index in [2.05, 4.69) is 15.2 Å². The number of rotatable bonds is 5. The van der Waals surface area contributed by atoms with E-state index in [4.69, 9.17) is 15.0 Å². The van der Waals surface area contributed by atoms with Crippen LogP contribution in [-0.4, -0.2) is 105 Å². The van der Waals surface area contributed by atoms with Crippen LogP contribution < -0.4 is 5.32 Å². The average molecular weight is 424 g/mol. The summed E-state index contributed by atoms with van der Waals surface area (Å²) in [4.78, 5) is 41.1. The van der Waals surface area contributed by atoms with Gasteiger partial charge in [-0.05, 0) is 18.9 Å². The Kier molecular flexibility index (Phi) is 8.96. The highest BCUT2D eigenvalue weighted by Crippen LogP contribution is 2.28. The molecule has 0 aromatic carbocycles. The number of nitrogens with zero attached hydrogens (tertiary/aromatic N) is 3. The molecule has 0 bridgehead atoms. The molecule has 1 saturated carbocycles.